The summed E-state index contributed by atoms with van der Waals surface area (Å²) in [6.45, 7) is 2.84. The normalized spacial score (nSPS) is 21.7. The van der Waals surface area contributed by atoms with Gasteiger partial charge in [-0.2, -0.15) is 0 Å². The lowest BCUT2D eigenvalue weighted by molar-refractivity contribution is -0.126. The number of benzene rings is 2. The lowest BCUT2D eigenvalue weighted by Crippen LogP contribution is -2.48. The number of carbonyl (C=O) groups excluding carboxylic acids is 2. The van der Waals surface area contributed by atoms with Crippen molar-refractivity contribution in [3.05, 3.63) is 65.2 Å². The van der Waals surface area contributed by atoms with E-state index in [1.165, 1.54) is 31.2 Å². The molecule has 0 saturated carbocycles. The fraction of sp³-hybridized carbons (Fsp3) is 0.462. The minimum absolute atomic E-state index is 0.0463. The Balaban J connectivity index is 1.22. The van der Waals surface area contributed by atoms with Gasteiger partial charge in [-0.05, 0) is 66.9 Å². The summed E-state index contributed by atoms with van der Waals surface area (Å²) in [7, 11) is 1.64. The summed E-state index contributed by atoms with van der Waals surface area (Å²) in [6, 6.07) is 16.4. The second-order valence-electron chi connectivity index (χ2n) is 9.26. The number of nitrogens with one attached hydrogen (secondary N) is 1. The monoisotopic (exact) mass is 417 g/mol. The first kappa shape index (κ1) is 20.3. The van der Waals surface area contributed by atoms with Gasteiger partial charge < -0.3 is 10.2 Å². The predicted molar refractivity (Wildman–Crippen MR) is 122 cm³/mol. The molecule has 3 aliphatic rings. The molecule has 5 nitrogen and oxygen atoms in total. The van der Waals surface area contributed by atoms with Crippen LogP contribution in [-0.4, -0.2) is 49.4 Å². The first-order valence-corrected chi connectivity index (χ1v) is 11.5. The minimum atomic E-state index is -0.436. The minimum Gasteiger partial charge on any atom is -0.357 e. The van der Waals surface area contributed by atoms with Crippen molar-refractivity contribution in [2.24, 2.45) is 0 Å². The number of rotatable bonds is 4. The molecule has 0 aromatic heterocycles. The molecule has 2 heterocycles. The molecule has 0 bridgehead atoms. The van der Waals surface area contributed by atoms with E-state index < -0.39 is 6.04 Å². The fourth-order valence-electron chi connectivity index (χ4n) is 5.93. The summed E-state index contributed by atoms with van der Waals surface area (Å²) in [6.07, 6.45) is 5.84. The number of likely N-dealkylation sites (tertiary alicyclic amines) is 1. The van der Waals surface area contributed by atoms with E-state index in [0.717, 1.165) is 30.9 Å². The maximum atomic E-state index is 13.2. The molecule has 2 aliphatic heterocycles. The molecule has 1 saturated heterocycles. The summed E-state index contributed by atoms with van der Waals surface area (Å²) in [4.78, 5) is 29.8. The summed E-state index contributed by atoms with van der Waals surface area (Å²) in [5, 5.41) is 2.72. The molecule has 2 aromatic rings. The van der Waals surface area contributed by atoms with E-state index in [9.17, 15) is 9.59 Å². The van der Waals surface area contributed by atoms with Crippen LogP contribution in [0.25, 0.3) is 0 Å². The van der Waals surface area contributed by atoms with E-state index in [0.29, 0.717) is 18.3 Å². The van der Waals surface area contributed by atoms with Crippen molar-refractivity contribution in [3.8, 4) is 0 Å². The molecule has 1 atom stereocenters. The van der Waals surface area contributed by atoms with Crippen molar-refractivity contribution in [2.75, 3.05) is 31.6 Å². The first-order chi connectivity index (χ1) is 15.1. The molecule has 5 heteroatoms. The number of anilines is 1. The van der Waals surface area contributed by atoms with E-state index in [-0.39, 0.29) is 11.8 Å². The molecule has 5 rings (SSSR count). The van der Waals surface area contributed by atoms with E-state index in [2.05, 4.69) is 34.5 Å². The zero-order chi connectivity index (χ0) is 21.4. The third kappa shape index (κ3) is 3.55. The number of aryl methyl sites for hydroxylation is 1. The van der Waals surface area contributed by atoms with Gasteiger partial charge in [-0.25, -0.2) is 0 Å². The fourth-order valence-corrected chi connectivity index (χ4v) is 5.93. The molecular formula is C26H31N3O2. The largest absolute Gasteiger partial charge is 0.357 e. The van der Waals surface area contributed by atoms with E-state index in [1.54, 1.807) is 17.5 Å². The standard InChI is InChI=1S/C26H31N3O2/c1-27-25(31)23-18-20-7-3-5-9-22(20)29(23)24(30)11-15-28-16-13-26(14-17-28)12-10-19-6-2-4-8-21(19)26/h2-9,23H,10-18H2,1H3,(H,27,31). The van der Waals surface area contributed by atoms with Crippen LogP contribution < -0.4 is 10.2 Å². The molecule has 2 aromatic carbocycles. The number of likely N-dealkylation sites (N-methyl/N-ethyl adjacent to an activating group) is 1. The molecular weight excluding hydrogens is 386 g/mol. The van der Waals surface area contributed by atoms with Crippen molar-refractivity contribution in [3.63, 3.8) is 0 Å². The average molecular weight is 418 g/mol. The maximum absolute atomic E-state index is 13.2. The molecule has 1 unspecified atom stereocenters. The average Bonchev–Trinajstić information content (AvgIpc) is 3.37. The van der Waals surface area contributed by atoms with Gasteiger partial charge in [-0.15, -0.1) is 0 Å². The van der Waals surface area contributed by atoms with E-state index in [4.69, 9.17) is 0 Å². The molecule has 31 heavy (non-hydrogen) atoms. The summed E-state index contributed by atoms with van der Waals surface area (Å²) in [5.41, 5.74) is 5.40. The van der Waals surface area contributed by atoms with Crippen LogP contribution in [-0.2, 0) is 27.8 Å². The molecule has 1 N–H and O–H groups in total. The molecule has 162 valence electrons. The number of hydrogen-bond donors (Lipinski definition) is 1. The van der Waals surface area contributed by atoms with Crippen molar-refractivity contribution in [1.82, 2.24) is 10.2 Å². The Kier molecular flexibility index (Phi) is 5.30. The number of fused-ring (bicyclic) bond motifs is 3. The van der Waals surface area contributed by atoms with Gasteiger partial charge in [0.15, 0.2) is 0 Å². The quantitative estimate of drug-likeness (QED) is 0.832. The maximum Gasteiger partial charge on any atom is 0.243 e. The number of para-hydroxylation sites is 1. The molecule has 1 spiro atoms. The van der Waals surface area contributed by atoms with Crippen molar-refractivity contribution in [2.45, 2.75) is 50.0 Å². The van der Waals surface area contributed by atoms with Crippen LogP contribution in [0.15, 0.2) is 48.5 Å². The Morgan fingerprint density at radius 3 is 2.48 bits per heavy atom. The third-order valence-electron chi connectivity index (χ3n) is 7.71. The molecule has 1 fully saturated rings. The van der Waals surface area contributed by atoms with Crippen molar-refractivity contribution < 1.29 is 9.59 Å². The second kappa shape index (κ2) is 8.12. The second-order valence-corrected chi connectivity index (χ2v) is 9.26. The molecule has 2 amide bonds. The Bertz CT molecular complexity index is 994. The smallest absolute Gasteiger partial charge is 0.243 e. The number of piperidine rings is 1. The Labute approximate surface area is 184 Å². The van der Waals surface area contributed by atoms with Gasteiger partial charge in [-0.3, -0.25) is 14.5 Å². The van der Waals surface area contributed by atoms with E-state index >= 15 is 0 Å². The van der Waals surface area contributed by atoms with Crippen LogP contribution >= 0.6 is 0 Å². The van der Waals surface area contributed by atoms with Gasteiger partial charge in [0.05, 0.1) is 0 Å². The Hall–Kier alpha value is -2.66. The number of amides is 2. The number of carbonyl (C=O) groups is 2. The van der Waals surface area contributed by atoms with Gasteiger partial charge in [0.1, 0.15) is 6.04 Å². The third-order valence-corrected chi connectivity index (χ3v) is 7.71. The van der Waals surface area contributed by atoms with Crippen LogP contribution in [0.1, 0.15) is 42.4 Å². The summed E-state index contributed by atoms with van der Waals surface area (Å²) in [5.74, 6) is -0.0468. The van der Waals surface area contributed by atoms with Gasteiger partial charge in [0.25, 0.3) is 0 Å². The van der Waals surface area contributed by atoms with Gasteiger partial charge in [-0.1, -0.05) is 42.5 Å². The number of hydrogen-bond acceptors (Lipinski definition) is 3. The van der Waals surface area contributed by atoms with Crippen LogP contribution in [0.2, 0.25) is 0 Å². The lowest BCUT2D eigenvalue weighted by atomic mass is 9.74. The topological polar surface area (TPSA) is 52.7 Å². The lowest BCUT2D eigenvalue weighted by Gasteiger charge is -2.40. The van der Waals surface area contributed by atoms with E-state index in [1.807, 2.05) is 24.3 Å². The summed E-state index contributed by atoms with van der Waals surface area (Å²) < 4.78 is 0. The highest BCUT2D eigenvalue weighted by Crippen LogP contribution is 2.46. The van der Waals surface area contributed by atoms with Crippen molar-refractivity contribution >= 4 is 17.5 Å². The Morgan fingerprint density at radius 2 is 1.71 bits per heavy atom. The Morgan fingerprint density at radius 1 is 1.00 bits per heavy atom. The zero-order valence-electron chi connectivity index (χ0n) is 18.3. The zero-order valence-corrected chi connectivity index (χ0v) is 18.3. The molecule has 1 aliphatic carbocycles. The highest BCUT2D eigenvalue weighted by Gasteiger charge is 2.41. The van der Waals surface area contributed by atoms with Crippen LogP contribution in [0.3, 0.4) is 0 Å². The van der Waals surface area contributed by atoms with Crippen LogP contribution in [0.4, 0.5) is 5.69 Å². The first-order valence-electron chi connectivity index (χ1n) is 11.5. The highest BCUT2D eigenvalue weighted by molar-refractivity contribution is 6.03. The van der Waals surface area contributed by atoms with Crippen LogP contribution in [0.5, 0.6) is 0 Å². The van der Waals surface area contributed by atoms with Gasteiger partial charge in [0, 0.05) is 32.1 Å². The summed E-state index contributed by atoms with van der Waals surface area (Å²) >= 11 is 0. The van der Waals surface area contributed by atoms with Crippen LogP contribution in [0, 0.1) is 0 Å². The SMILES string of the molecule is CNC(=O)C1Cc2ccccc2N1C(=O)CCN1CCC2(CCc3ccccc32)CC1. The molecule has 0 radical (unpaired) electrons. The highest BCUT2D eigenvalue weighted by atomic mass is 16.2. The van der Waals surface area contributed by atoms with Crippen molar-refractivity contribution in [1.29, 1.82) is 0 Å². The predicted octanol–water partition coefficient (Wildman–Crippen LogP) is 3.06. The number of nitrogens with zero attached hydrogens (tertiary/aromatic N) is 2. The van der Waals surface area contributed by atoms with Gasteiger partial charge in [0.2, 0.25) is 11.8 Å². The van der Waals surface area contributed by atoms with Gasteiger partial charge >= 0.3 is 0 Å².